The first kappa shape index (κ1) is 13.4. The molecule has 1 fully saturated rings. The van der Waals surface area contributed by atoms with Crippen LogP contribution in [-0.2, 0) is 0 Å². The van der Waals surface area contributed by atoms with Crippen molar-refractivity contribution in [2.24, 2.45) is 11.7 Å². The van der Waals surface area contributed by atoms with Crippen molar-refractivity contribution in [1.82, 2.24) is 5.32 Å². The molecule has 3 rings (SSSR count). The van der Waals surface area contributed by atoms with Crippen molar-refractivity contribution < 1.29 is 9.53 Å². The molecule has 1 unspecified atom stereocenters. The molecule has 2 aliphatic rings. The largest absolute Gasteiger partial charge is 0.491 e. The van der Waals surface area contributed by atoms with Gasteiger partial charge >= 0.3 is 0 Å². The van der Waals surface area contributed by atoms with E-state index in [-0.39, 0.29) is 11.9 Å². The number of carbonyl (C=O) groups is 1. The van der Waals surface area contributed by atoms with E-state index in [1.54, 1.807) is 0 Å². The first-order chi connectivity index (χ1) is 9.75. The molecule has 20 heavy (non-hydrogen) atoms. The summed E-state index contributed by atoms with van der Waals surface area (Å²) < 4.78 is 5.57. The first-order valence-corrected chi connectivity index (χ1v) is 7.56. The number of hydrogen-bond acceptors (Lipinski definition) is 3. The summed E-state index contributed by atoms with van der Waals surface area (Å²) in [4.78, 5) is 12.0. The fourth-order valence-corrected chi connectivity index (χ4v) is 3.24. The highest BCUT2D eigenvalue weighted by Gasteiger charge is 2.24. The third-order valence-electron chi connectivity index (χ3n) is 4.44. The van der Waals surface area contributed by atoms with Crippen LogP contribution in [0.25, 0.3) is 0 Å². The van der Waals surface area contributed by atoms with E-state index in [1.165, 1.54) is 32.1 Å². The molecule has 0 aromatic heterocycles. The second-order valence-corrected chi connectivity index (χ2v) is 5.78. The average Bonchev–Trinajstić information content (AvgIpc) is 2.69. The van der Waals surface area contributed by atoms with Gasteiger partial charge in [0.2, 0.25) is 0 Å². The Hall–Kier alpha value is -1.55. The molecular formula is C16H22N2O2. The van der Waals surface area contributed by atoms with Gasteiger partial charge in [0.25, 0.3) is 5.91 Å². The van der Waals surface area contributed by atoms with Crippen molar-refractivity contribution >= 4 is 5.91 Å². The average molecular weight is 274 g/mol. The van der Waals surface area contributed by atoms with E-state index in [1.807, 2.05) is 18.2 Å². The normalized spacial score (nSPS) is 21.4. The maximum atomic E-state index is 12.0. The second-order valence-electron chi connectivity index (χ2n) is 5.78. The minimum absolute atomic E-state index is 0.0247. The van der Waals surface area contributed by atoms with Crippen molar-refractivity contribution in [2.75, 3.05) is 13.2 Å². The van der Waals surface area contributed by atoms with Gasteiger partial charge in [-0.1, -0.05) is 25.3 Å². The minimum Gasteiger partial charge on any atom is -0.491 e. The van der Waals surface area contributed by atoms with Crippen molar-refractivity contribution in [2.45, 2.75) is 38.1 Å². The molecule has 1 saturated carbocycles. The Morgan fingerprint density at radius 1 is 1.25 bits per heavy atom. The molecule has 1 heterocycles. The van der Waals surface area contributed by atoms with Crippen LogP contribution in [0.1, 0.15) is 54.1 Å². The lowest BCUT2D eigenvalue weighted by molar-refractivity contribution is 0.0957. The van der Waals surface area contributed by atoms with Crippen LogP contribution in [-0.4, -0.2) is 19.1 Å². The van der Waals surface area contributed by atoms with Gasteiger partial charge in [-0.3, -0.25) is 4.79 Å². The molecule has 1 aliphatic carbocycles. The highest BCUT2D eigenvalue weighted by atomic mass is 16.5. The Morgan fingerprint density at radius 3 is 2.85 bits per heavy atom. The molecule has 1 aliphatic heterocycles. The summed E-state index contributed by atoms with van der Waals surface area (Å²) in [6.07, 6.45) is 6.26. The van der Waals surface area contributed by atoms with Gasteiger partial charge in [0, 0.05) is 6.04 Å². The molecular weight excluding hydrogens is 252 g/mol. The standard InChI is InChI=1S/C16H22N2O2/c17-15(11-4-2-1-3-5-11)12-6-7-14-13(10-12)16(19)18-8-9-20-14/h6-7,10-11,15H,1-5,8-9,17H2,(H,18,19). The molecule has 1 atom stereocenters. The summed E-state index contributed by atoms with van der Waals surface area (Å²) in [5, 5.41) is 2.84. The monoisotopic (exact) mass is 274 g/mol. The van der Waals surface area contributed by atoms with Gasteiger partial charge < -0.3 is 15.8 Å². The number of nitrogens with two attached hydrogens (primary N) is 1. The zero-order valence-electron chi connectivity index (χ0n) is 11.7. The van der Waals surface area contributed by atoms with Crippen molar-refractivity contribution in [3.8, 4) is 5.75 Å². The third kappa shape index (κ3) is 2.66. The third-order valence-corrected chi connectivity index (χ3v) is 4.44. The summed E-state index contributed by atoms with van der Waals surface area (Å²) in [7, 11) is 0. The predicted octanol–water partition coefficient (Wildman–Crippen LogP) is 2.39. The summed E-state index contributed by atoms with van der Waals surface area (Å²) in [6, 6.07) is 5.83. The zero-order chi connectivity index (χ0) is 13.9. The summed E-state index contributed by atoms with van der Waals surface area (Å²) in [5.74, 6) is 1.14. The molecule has 1 aromatic carbocycles. The van der Waals surface area contributed by atoms with Crippen LogP contribution in [0.2, 0.25) is 0 Å². The summed E-state index contributed by atoms with van der Waals surface area (Å²) in [6.45, 7) is 1.07. The van der Waals surface area contributed by atoms with Gasteiger partial charge in [-0.25, -0.2) is 0 Å². The van der Waals surface area contributed by atoms with Gasteiger partial charge in [0.15, 0.2) is 0 Å². The number of fused-ring (bicyclic) bond motifs is 1. The lowest BCUT2D eigenvalue weighted by atomic mass is 9.81. The molecule has 1 amide bonds. The SMILES string of the molecule is NC(c1ccc2c(c1)C(=O)NCCO2)C1CCCCC1. The maximum absolute atomic E-state index is 12.0. The van der Waals surface area contributed by atoms with Crippen LogP contribution in [0.4, 0.5) is 0 Å². The van der Waals surface area contributed by atoms with Crippen LogP contribution in [0.15, 0.2) is 18.2 Å². The Labute approximate surface area is 119 Å². The Balaban J connectivity index is 1.85. The topological polar surface area (TPSA) is 64.4 Å². The number of rotatable bonds is 2. The van der Waals surface area contributed by atoms with E-state index in [4.69, 9.17) is 10.5 Å². The second kappa shape index (κ2) is 5.83. The van der Waals surface area contributed by atoms with E-state index in [2.05, 4.69) is 5.32 Å². The van der Waals surface area contributed by atoms with Crippen LogP contribution in [0.5, 0.6) is 5.75 Å². The fourth-order valence-electron chi connectivity index (χ4n) is 3.24. The number of amides is 1. The van der Waals surface area contributed by atoms with E-state index >= 15 is 0 Å². The highest BCUT2D eigenvalue weighted by Crippen LogP contribution is 2.34. The van der Waals surface area contributed by atoms with E-state index in [0.29, 0.717) is 30.4 Å². The number of hydrogen-bond donors (Lipinski definition) is 2. The van der Waals surface area contributed by atoms with Gasteiger partial charge in [-0.2, -0.15) is 0 Å². The number of carbonyl (C=O) groups excluding carboxylic acids is 1. The number of ether oxygens (including phenoxy) is 1. The van der Waals surface area contributed by atoms with Gasteiger partial charge in [0.1, 0.15) is 12.4 Å². The number of nitrogens with one attached hydrogen (secondary N) is 1. The number of benzene rings is 1. The Kier molecular flexibility index (Phi) is 3.92. The summed E-state index contributed by atoms with van der Waals surface area (Å²) >= 11 is 0. The lowest BCUT2D eigenvalue weighted by Crippen LogP contribution is -2.26. The van der Waals surface area contributed by atoms with Crippen LogP contribution < -0.4 is 15.8 Å². The van der Waals surface area contributed by atoms with E-state index in [9.17, 15) is 4.79 Å². The quantitative estimate of drug-likeness (QED) is 0.870. The van der Waals surface area contributed by atoms with Gasteiger partial charge in [0.05, 0.1) is 12.1 Å². The fraction of sp³-hybridized carbons (Fsp3) is 0.562. The predicted molar refractivity (Wildman–Crippen MR) is 77.8 cm³/mol. The van der Waals surface area contributed by atoms with E-state index in [0.717, 1.165) is 5.56 Å². The minimum atomic E-state index is -0.0600. The highest BCUT2D eigenvalue weighted by molar-refractivity contribution is 5.97. The molecule has 0 bridgehead atoms. The molecule has 0 radical (unpaired) electrons. The Bertz CT molecular complexity index is 495. The van der Waals surface area contributed by atoms with Gasteiger partial charge in [-0.15, -0.1) is 0 Å². The smallest absolute Gasteiger partial charge is 0.255 e. The van der Waals surface area contributed by atoms with Crippen molar-refractivity contribution in [3.05, 3.63) is 29.3 Å². The molecule has 3 N–H and O–H groups in total. The molecule has 4 nitrogen and oxygen atoms in total. The molecule has 108 valence electrons. The van der Waals surface area contributed by atoms with Crippen molar-refractivity contribution in [3.63, 3.8) is 0 Å². The molecule has 0 spiro atoms. The summed E-state index contributed by atoms with van der Waals surface area (Å²) in [5.41, 5.74) is 8.08. The van der Waals surface area contributed by atoms with Gasteiger partial charge in [-0.05, 0) is 36.5 Å². The lowest BCUT2D eigenvalue weighted by Gasteiger charge is -2.28. The first-order valence-electron chi connectivity index (χ1n) is 7.56. The Morgan fingerprint density at radius 2 is 2.05 bits per heavy atom. The van der Waals surface area contributed by atoms with E-state index < -0.39 is 0 Å². The zero-order valence-corrected chi connectivity index (χ0v) is 11.7. The van der Waals surface area contributed by atoms with Crippen LogP contribution in [0.3, 0.4) is 0 Å². The van der Waals surface area contributed by atoms with Crippen molar-refractivity contribution in [1.29, 1.82) is 0 Å². The maximum Gasteiger partial charge on any atom is 0.255 e. The molecule has 4 heteroatoms. The van der Waals surface area contributed by atoms with Crippen LogP contribution >= 0.6 is 0 Å². The molecule has 1 aromatic rings. The van der Waals surface area contributed by atoms with Crippen LogP contribution in [0, 0.1) is 5.92 Å². The molecule has 0 saturated heterocycles.